The standard InChI is InChI=1S/C32H44N2O3/c1-19(35)34-32-13-11-27(2,3)17-21(32)25-22(36)15-24-29(6)16-20(18-33)26(37)28(4,5)23(29)9-10-30(24,7)31(25,8)12-14-32/h15-16,21,23,25H,9-14,17H2,1-8H3,(H,34,35)/t21?,23-,25+,29-,30+,31+,32-/m0/s1. The summed E-state index contributed by atoms with van der Waals surface area (Å²) >= 11 is 0. The summed E-state index contributed by atoms with van der Waals surface area (Å²) in [6.45, 7) is 17.0. The fourth-order valence-electron chi connectivity index (χ4n) is 10.2. The van der Waals surface area contributed by atoms with E-state index in [0.29, 0.717) is 0 Å². The molecule has 7 atom stereocenters. The average Bonchev–Trinajstić information content (AvgIpc) is 2.78. The van der Waals surface area contributed by atoms with Crippen molar-refractivity contribution in [2.24, 2.45) is 44.8 Å². The Morgan fingerprint density at radius 2 is 1.65 bits per heavy atom. The third-order valence-corrected chi connectivity index (χ3v) is 12.3. The van der Waals surface area contributed by atoms with E-state index in [1.54, 1.807) is 6.92 Å². The first-order valence-corrected chi connectivity index (χ1v) is 14.2. The molecule has 5 aliphatic carbocycles. The van der Waals surface area contributed by atoms with Gasteiger partial charge in [0.15, 0.2) is 11.6 Å². The lowest BCUT2D eigenvalue weighted by atomic mass is 9.35. The van der Waals surface area contributed by atoms with E-state index in [0.717, 1.165) is 50.5 Å². The second-order valence-electron chi connectivity index (χ2n) is 15.1. The zero-order chi connectivity index (χ0) is 27.4. The third kappa shape index (κ3) is 3.29. The molecule has 5 aliphatic rings. The van der Waals surface area contributed by atoms with Gasteiger partial charge in [-0.3, -0.25) is 14.4 Å². The normalized spacial score (nSPS) is 45.6. The number of hydrogen-bond acceptors (Lipinski definition) is 4. The molecule has 1 N–H and O–H groups in total. The van der Waals surface area contributed by atoms with Crippen LogP contribution in [0.4, 0.5) is 0 Å². The van der Waals surface area contributed by atoms with E-state index in [4.69, 9.17) is 0 Å². The Morgan fingerprint density at radius 1 is 1.00 bits per heavy atom. The van der Waals surface area contributed by atoms with Gasteiger partial charge in [0, 0.05) is 29.2 Å². The smallest absolute Gasteiger partial charge is 0.217 e. The van der Waals surface area contributed by atoms with Crippen LogP contribution in [0.15, 0.2) is 23.3 Å². The molecule has 5 rings (SSSR count). The number of hydrogen-bond donors (Lipinski definition) is 1. The summed E-state index contributed by atoms with van der Waals surface area (Å²) in [5.41, 5.74) is -0.501. The number of fused-ring (bicyclic) bond motifs is 7. The van der Waals surface area contributed by atoms with E-state index >= 15 is 0 Å². The number of nitriles is 1. The first kappa shape index (κ1) is 26.4. The predicted molar refractivity (Wildman–Crippen MR) is 143 cm³/mol. The number of amides is 1. The van der Waals surface area contributed by atoms with E-state index in [2.05, 4.69) is 46.0 Å². The highest BCUT2D eigenvalue weighted by Crippen LogP contribution is 2.73. The lowest BCUT2D eigenvalue weighted by Crippen LogP contribution is -2.69. The number of ketones is 2. The minimum Gasteiger partial charge on any atom is -0.351 e. The van der Waals surface area contributed by atoms with Gasteiger partial charge in [0.1, 0.15) is 6.07 Å². The van der Waals surface area contributed by atoms with Crippen LogP contribution in [0.1, 0.15) is 100 Å². The maximum atomic E-state index is 14.4. The molecule has 5 heteroatoms. The molecule has 5 nitrogen and oxygen atoms in total. The Morgan fingerprint density at radius 3 is 2.27 bits per heavy atom. The molecule has 37 heavy (non-hydrogen) atoms. The molecule has 0 aromatic heterocycles. The number of rotatable bonds is 1. The summed E-state index contributed by atoms with van der Waals surface area (Å²) in [4.78, 5) is 40.0. The Labute approximate surface area is 222 Å². The molecule has 0 heterocycles. The SMILES string of the molecule is CC(=O)N[C@]12CCC(C)(C)CC1[C@@H]1C(=O)C=C3[C@@]4(C)C=C(C#N)C(=O)C(C)(C)[C@@H]4CC[C@@]3(C)[C@]1(C)CC2. The molecule has 0 aromatic carbocycles. The summed E-state index contributed by atoms with van der Waals surface area (Å²) < 4.78 is 0. The lowest BCUT2D eigenvalue weighted by Gasteiger charge is -2.69. The molecule has 0 bridgehead atoms. The van der Waals surface area contributed by atoms with Gasteiger partial charge in [-0.2, -0.15) is 5.26 Å². The van der Waals surface area contributed by atoms with Gasteiger partial charge in [0.05, 0.1) is 5.57 Å². The molecule has 0 aliphatic heterocycles. The Balaban J connectivity index is 1.69. The fourth-order valence-corrected chi connectivity index (χ4v) is 10.2. The van der Waals surface area contributed by atoms with Crippen molar-refractivity contribution in [1.29, 1.82) is 5.26 Å². The van der Waals surface area contributed by atoms with Crippen LogP contribution in [0.2, 0.25) is 0 Å². The van der Waals surface area contributed by atoms with E-state index < -0.39 is 10.8 Å². The Bertz CT molecular complexity index is 1200. The van der Waals surface area contributed by atoms with E-state index in [1.807, 2.05) is 26.0 Å². The highest BCUT2D eigenvalue weighted by atomic mass is 16.1. The number of nitrogens with zero attached hydrogens (tertiary/aromatic N) is 1. The number of allylic oxidation sites excluding steroid dienone is 4. The van der Waals surface area contributed by atoms with Crippen LogP contribution in [-0.4, -0.2) is 23.0 Å². The van der Waals surface area contributed by atoms with Crippen LogP contribution in [0.5, 0.6) is 0 Å². The predicted octanol–water partition coefficient (Wildman–Crippen LogP) is 6.09. The van der Waals surface area contributed by atoms with Gasteiger partial charge < -0.3 is 5.32 Å². The van der Waals surface area contributed by atoms with Crippen LogP contribution in [0.3, 0.4) is 0 Å². The average molecular weight is 505 g/mol. The zero-order valence-electron chi connectivity index (χ0n) is 24.0. The van der Waals surface area contributed by atoms with Crippen LogP contribution in [0, 0.1) is 56.2 Å². The first-order chi connectivity index (χ1) is 17.0. The fraction of sp³-hybridized carbons (Fsp3) is 0.750. The molecule has 1 unspecified atom stereocenters. The number of carbonyl (C=O) groups excluding carboxylic acids is 3. The Hall–Kier alpha value is -2.22. The van der Waals surface area contributed by atoms with Gasteiger partial charge in [-0.05, 0) is 79.1 Å². The molecular formula is C32H44N2O3. The van der Waals surface area contributed by atoms with E-state index in [1.165, 1.54) is 0 Å². The summed E-state index contributed by atoms with van der Waals surface area (Å²) in [5.74, 6) is 0.0916. The minimum atomic E-state index is -0.655. The first-order valence-electron chi connectivity index (χ1n) is 14.2. The van der Waals surface area contributed by atoms with Crippen molar-refractivity contribution in [2.75, 3.05) is 0 Å². The van der Waals surface area contributed by atoms with Crippen LogP contribution in [0.25, 0.3) is 0 Å². The number of carbonyl (C=O) groups is 3. The molecule has 3 fully saturated rings. The molecule has 0 saturated heterocycles. The summed E-state index contributed by atoms with van der Waals surface area (Å²) in [6.07, 6.45) is 10.3. The highest BCUT2D eigenvalue weighted by molar-refractivity contribution is 6.04. The van der Waals surface area contributed by atoms with Crippen molar-refractivity contribution < 1.29 is 14.4 Å². The second kappa shape index (κ2) is 7.67. The maximum Gasteiger partial charge on any atom is 0.217 e. The maximum absolute atomic E-state index is 14.4. The summed E-state index contributed by atoms with van der Waals surface area (Å²) in [7, 11) is 0. The van der Waals surface area contributed by atoms with Crippen LogP contribution in [-0.2, 0) is 14.4 Å². The topological polar surface area (TPSA) is 87.0 Å². The van der Waals surface area contributed by atoms with Gasteiger partial charge in [0.2, 0.25) is 5.91 Å². The van der Waals surface area contributed by atoms with Gasteiger partial charge in [-0.25, -0.2) is 0 Å². The number of nitrogens with one attached hydrogen (secondary N) is 1. The van der Waals surface area contributed by atoms with E-state index in [9.17, 15) is 19.6 Å². The molecule has 0 aromatic rings. The van der Waals surface area contributed by atoms with Crippen molar-refractivity contribution in [1.82, 2.24) is 5.32 Å². The molecular weight excluding hydrogens is 460 g/mol. The van der Waals surface area contributed by atoms with Gasteiger partial charge in [-0.1, -0.05) is 60.1 Å². The largest absolute Gasteiger partial charge is 0.351 e. The van der Waals surface area contributed by atoms with Gasteiger partial charge in [0.25, 0.3) is 0 Å². The molecule has 3 saturated carbocycles. The monoisotopic (exact) mass is 504 g/mol. The molecule has 0 spiro atoms. The third-order valence-electron chi connectivity index (χ3n) is 12.3. The summed E-state index contributed by atoms with van der Waals surface area (Å²) in [6, 6.07) is 2.18. The van der Waals surface area contributed by atoms with E-state index in [-0.39, 0.29) is 62.6 Å². The number of Topliss-reactive ketones (excluding diaryl/α,β-unsaturated/α-hetero) is 1. The minimum absolute atomic E-state index is 0.00435. The highest BCUT2D eigenvalue weighted by Gasteiger charge is 2.69. The van der Waals surface area contributed by atoms with Crippen molar-refractivity contribution in [2.45, 2.75) is 106 Å². The molecule has 1 amide bonds. The van der Waals surface area contributed by atoms with Gasteiger partial charge >= 0.3 is 0 Å². The van der Waals surface area contributed by atoms with Crippen molar-refractivity contribution in [3.8, 4) is 6.07 Å². The van der Waals surface area contributed by atoms with Gasteiger partial charge in [-0.15, -0.1) is 0 Å². The van der Waals surface area contributed by atoms with Crippen molar-refractivity contribution in [3.63, 3.8) is 0 Å². The van der Waals surface area contributed by atoms with Crippen molar-refractivity contribution >= 4 is 17.5 Å². The lowest BCUT2D eigenvalue weighted by molar-refractivity contribution is -0.163. The van der Waals surface area contributed by atoms with Crippen molar-refractivity contribution in [3.05, 3.63) is 23.3 Å². The summed E-state index contributed by atoms with van der Waals surface area (Å²) in [5, 5.41) is 13.2. The second-order valence-corrected chi connectivity index (χ2v) is 15.1. The molecule has 0 radical (unpaired) electrons. The van der Waals surface area contributed by atoms with Crippen LogP contribution >= 0.6 is 0 Å². The quantitative estimate of drug-likeness (QED) is 0.468. The molecule has 200 valence electrons. The van der Waals surface area contributed by atoms with Crippen LogP contribution < -0.4 is 5.32 Å². The Kier molecular flexibility index (Phi) is 5.47. The zero-order valence-corrected chi connectivity index (χ0v) is 24.0.